The topological polar surface area (TPSA) is 49.4 Å². The van der Waals surface area contributed by atoms with Gasteiger partial charge >= 0.3 is 0 Å². The number of nitrogens with zero attached hydrogens (tertiary/aromatic N) is 1. The van der Waals surface area contributed by atoms with E-state index in [4.69, 9.17) is 0 Å². The Morgan fingerprint density at radius 2 is 2.05 bits per heavy atom. The van der Waals surface area contributed by atoms with E-state index in [9.17, 15) is 12.8 Å². The lowest BCUT2D eigenvalue weighted by Gasteiger charge is -2.28. The van der Waals surface area contributed by atoms with Crippen LogP contribution in [0.1, 0.15) is 13.3 Å². The van der Waals surface area contributed by atoms with Crippen LogP contribution in [0.4, 0.5) is 10.1 Å². The van der Waals surface area contributed by atoms with Crippen molar-refractivity contribution in [1.82, 2.24) is 5.32 Å². The number of hydrogen-bond donors (Lipinski definition) is 1. The van der Waals surface area contributed by atoms with E-state index in [1.165, 1.54) is 12.1 Å². The van der Waals surface area contributed by atoms with Gasteiger partial charge in [0.25, 0.3) is 0 Å². The van der Waals surface area contributed by atoms with Crippen LogP contribution >= 0.6 is 0 Å². The lowest BCUT2D eigenvalue weighted by molar-refractivity contribution is 0.493. The molecule has 1 unspecified atom stereocenters. The molecule has 1 saturated heterocycles. The highest BCUT2D eigenvalue weighted by molar-refractivity contribution is 7.91. The lowest BCUT2D eigenvalue weighted by atomic mass is 10.2. The zero-order valence-corrected chi connectivity index (χ0v) is 12.5. The average Bonchev–Trinajstić information content (AvgIpc) is 2.40. The Balaban J connectivity index is 1.92. The minimum atomic E-state index is -2.89. The van der Waals surface area contributed by atoms with Crippen LogP contribution in [0.3, 0.4) is 0 Å². The van der Waals surface area contributed by atoms with Crippen LogP contribution in [-0.4, -0.2) is 45.6 Å². The van der Waals surface area contributed by atoms with Gasteiger partial charge in [-0.05, 0) is 37.6 Å². The molecular formula is C14H21FN2O2S. The van der Waals surface area contributed by atoms with E-state index in [1.807, 2.05) is 6.92 Å². The van der Waals surface area contributed by atoms with Gasteiger partial charge in [-0.3, -0.25) is 0 Å². The summed E-state index contributed by atoms with van der Waals surface area (Å²) in [7, 11) is -2.89. The molecule has 1 fully saturated rings. The highest BCUT2D eigenvalue weighted by Gasteiger charge is 2.24. The van der Waals surface area contributed by atoms with Gasteiger partial charge in [-0.15, -0.1) is 0 Å². The van der Waals surface area contributed by atoms with Crippen LogP contribution in [-0.2, 0) is 9.84 Å². The Morgan fingerprint density at radius 1 is 1.35 bits per heavy atom. The molecule has 4 nitrogen and oxygen atoms in total. The quantitative estimate of drug-likeness (QED) is 0.894. The first kappa shape index (κ1) is 15.3. The van der Waals surface area contributed by atoms with Crippen LogP contribution in [0.15, 0.2) is 24.3 Å². The molecule has 1 N–H and O–H groups in total. The maximum atomic E-state index is 12.9. The highest BCUT2D eigenvalue weighted by Crippen LogP contribution is 2.16. The van der Waals surface area contributed by atoms with E-state index in [2.05, 4.69) is 10.2 Å². The van der Waals surface area contributed by atoms with Crippen molar-refractivity contribution in [2.75, 3.05) is 36.0 Å². The molecule has 1 aliphatic rings. The Kier molecular flexibility index (Phi) is 4.99. The third-order valence-corrected chi connectivity index (χ3v) is 5.36. The summed E-state index contributed by atoms with van der Waals surface area (Å²) >= 11 is 0. The zero-order valence-electron chi connectivity index (χ0n) is 11.7. The van der Waals surface area contributed by atoms with Crippen molar-refractivity contribution in [1.29, 1.82) is 0 Å². The van der Waals surface area contributed by atoms with Crippen molar-refractivity contribution in [3.8, 4) is 0 Å². The standard InChI is InChI=1S/C14H21FN2O2S/c1-2-17(14-5-3-12(15)4-6-14)9-7-13-11-20(18,19)10-8-16-13/h3-6,13,16H,2,7-11H2,1H3. The molecule has 0 saturated carbocycles. The first-order valence-electron chi connectivity index (χ1n) is 6.94. The van der Waals surface area contributed by atoms with Gasteiger partial charge in [0.2, 0.25) is 0 Å². The van der Waals surface area contributed by atoms with Crippen molar-refractivity contribution in [3.05, 3.63) is 30.1 Å². The fourth-order valence-electron chi connectivity index (χ4n) is 2.49. The van der Waals surface area contributed by atoms with E-state index >= 15 is 0 Å². The molecule has 1 aliphatic heterocycles. The Bertz CT molecular complexity index is 531. The lowest BCUT2D eigenvalue weighted by Crippen LogP contribution is -2.46. The second-order valence-corrected chi connectivity index (χ2v) is 7.34. The fourth-order valence-corrected chi connectivity index (χ4v) is 3.98. The van der Waals surface area contributed by atoms with Gasteiger partial charge < -0.3 is 10.2 Å². The normalized spacial score (nSPS) is 21.6. The summed E-state index contributed by atoms with van der Waals surface area (Å²) in [6.07, 6.45) is 0.768. The summed E-state index contributed by atoms with van der Waals surface area (Å²) in [4.78, 5) is 2.13. The van der Waals surface area contributed by atoms with Gasteiger partial charge in [-0.25, -0.2) is 12.8 Å². The third-order valence-electron chi connectivity index (χ3n) is 3.62. The second-order valence-electron chi connectivity index (χ2n) is 5.11. The first-order valence-corrected chi connectivity index (χ1v) is 8.76. The summed E-state index contributed by atoms with van der Waals surface area (Å²) in [5.74, 6) is 0.206. The summed E-state index contributed by atoms with van der Waals surface area (Å²) < 4.78 is 36.1. The predicted octanol–water partition coefficient (Wildman–Crippen LogP) is 1.43. The van der Waals surface area contributed by atoms with Crippen LogP contribution in [0.2, 0.25) is 0 Å². The molecule has 1 atom stereocenters. The molecule has 0 bridgehead atoms. The van der Waals surface area contributed by atoms with Crippen molar-refractivity contribution in [2.45, 2.75) is 19.4 Å². The first-order chi connectivity index (χ1) is 9.50. The third kappa shape index (κ3) is 4.18. The van der Waals surface area contributed by atoms with Crippen LogP contribution in [0.25, 0.3) is 0 Å². The molecule has 0 radical (unpaired) electrons. The molecule has 2 rings (SSSR count). The maximum absolute atomic E-state index is 12.9. The molecule has 1 aromatic carbocycles. The summed E-state index contributed by atoms with van der Waals surface area (Å²) in [5.41, 5.74) is 0.965. The second kappa shape index (κ2) is 6.54. The maximum Gasteiger partial charge on any atom is 0.153 e. The van der Waals surface area contributed by atoms with E-state index < -0.39 is 9.84 Å². The molecular weight excluding hydrogens is 279 g/mol. The smallest absolute Gasteiger partial charge is 0.153 e. The molecule has 20 heavy (non-hydrogen) atoms. The molecule has 6 heteroatoms. The number of nitrogens with one attached hydrogen (secondary N) is 1. The van der Waals surface area contributed by atoms with E-state index in [0.29, 0.717) is 6.54 Å². The van der Waals surface area contributed by atoms with E-state index in [0.717, 1.165) is 25.2 Å². The Hall–Kier alpha value is -1.14. The van der Waals surface area contributed by atoms with Gasteiger partial charge in [0.1, 0.15) is 5.82 Å². The van der Waals surface area contributed by atoms with E-state index in [1.54, 1.807) is 12.1 Å². The van der Waals surface area contributed by atoms with Gasteiger partial charge in [0, 0.05) is 31.4 Å². The molecule has 1 aromatic rings. The number of rotatable bonds is 5. The predicted molar refractivity (Wildman–Crippen MR) is 79.3 cm³/mol. The number of anilines is 1. The largest absolute Gasteiger partial charge is 0.372 e. The van der Waals surface area contributed by atoms with E-state index in [-0.39, 0.29) is 23.4 Å². The van der Waals surface area contributed by atoms with Crippen LogP contribution in [0, 0.1) is 5.82 Å². The Labute approximate surface area is 119 Å². The fraction of sp³-hybridized carbons (Fsp3) is 0.571. The number of hydrogen-bond acceptors (Lipinski definition) is 4. The molecule has 0 aliphatic carbocycles. The van der Waals surface area contributed by atoms with Crippen molar-refractivity contribution in [3.63, 3.8) is 0 Å². The molecule has 0 aromatic heterocycles. The van der Waals surface area contributed by atoms with Gasteiger partial charge in [0.05, 0.1) is 11.5 Å². The Morgan fingerprint density at radius 3 is 2.65 bits per heavy atom. The van der Waals surface area contributed by atoms with Gasteiger partial charge in [-0.2, -0.15) is 0 Å². The average molecular weight is 300 g/mol. The van der Waals surface area contributed by atoms with Crippen molar-refractivity contribution in [2.24, 2.45) is 0 Å². The van der Waals surface area contributed by atoms with Gasteiger partial charge in [0.15, 0.2) is 9.84 Å². The molecule has 112 valence electrons. The molecule has 0 amide bonds. The van der Waals surface area contributed by atoms with Crippen molar-refractivity contribution >= 4 is 15.5 Å². The summed E-state index contributed by atoms with van der Waals surface area (Å²) in [6.45, 7) is 4.14. The summed E-state index contributed by atoms with van der Waals surface area (Å²) in [6, 6.07) is 6.42. The van der Waals surface area contributed by atoms with Crippen LogP contribution in [0.5, 0.6) is 0 Å². The number of halogens is 1. The summed E-state index contributed by atoms with van der Waals surface area (Å²) in [5, 5.41) is 3.25. The highest BCUT2D eigenvalue weighted by atomic mass is 32.2. The number of benzene rings is 1. The number of sulfone groups is 1. The molecule has 0 spiro atoms. The van der Waals surface area contributed by atoms with Crippen molar-refractivity contribution < 1.29 is 12.8 Å². The minimum Gasteiger partial charge on any atom is -0.372 e. The van der Waals surface area contributed by atoms with Crippen LogP contribution < -0.4 is 10.2 Å². The van der Waals surface area contributed by atoms with Gasteiger partial charge in [-0.1, -0.05) is 0 Å². The molecule has 1 heterocycles. The monoisotopic (exact) mass is 300 g/mol. The zero-order chi connectivity index (χ0) is 14.6. The SMILES string of the molecule is CCN(CCC1CS(=O)(=O)CCN1)c1ccc(F)cc1. The minimum absolute atomic E-state index is 0.0169.